The number of rotatable bonds is 69. The summed E-state index contributed by atoms with van der Waals surface area (Å²) in [5.74, 6) is -0.0137. The summed E-state index contributed by atoms with van der Waals surface area (Å²) in [6.07, 6.45) is 88.2. The maximum atomic E-state index is 12.5. The van der Waals surface area contributed by atoms with E-state index in [1.54, 1.807) is 0 Å². The molecule has 0 heterocycles. The van der Waals surface area contributed by atoms with Crippen LogP contribution >= 0.6 is 0 Å². The van der Waals surface area contributed by atoms with Crippen LogP contribution in [0.25, 0.3) is 0 Å². The van der Waals surface area contributed by atoms with E-state index in [0.29, 0.717) is 25.9 Å². The maximum Gasteiger partial charge on any atom is 0.305 e. The Balaban J connectivity index is 3.32. The van der Waals surface area contributed by atoms with Gasteiger partial charge in [0.05, 0.1) is 25.4 Å². The molecule has 0 saturated carbocycles. The van der Waals surface area contributed by atoms with Crippen LogP contribution in [-0.4, -0.2) is 47.4 Å². The maximum absolute atomic E-state index is 12.5. The number of nitrogens with one attached hydrogen (secondary N) is 1. The van der Waals surface area contributed by atoms with Crippen LogP contribution < -0.4 is 5.32 Å². The first-order valence-corrected chi connectivity index (χ1v) is 36.6. The highest BCUT2D eigenvalue weighted by atomic mass is 16.5. The van der Waals surface area contributed by atoms with Crippen molar-refractivity contribution in [3.63, 3.8) is 0 Å². The van der Waals surface area contributed by atoms with E-state index in [1.165, 1.54) is 334 Å². The van der Waals surface area contributed by atoms with Crippen LogP contribution in [0.5, 0.6) is 0 Å². The SMILES string of the molecule is CCCCCCCCC/C=C\CCCCCCCCCC(=O)OCCCCCCCCCCCCCC/C=C\CCCCCCCCCCCCCCCCCCCC(=O)NC(CO)C(O)CCCCCCCCCCCCCC. The summed E-state index contributed by atoms with van der Waals surface area (Å²) in [6, 6.07) is -0.538. The lowest BCUT2D eigenvalue weighted by Crippen LogP contribution is -2.45. The second-order valence-corrected chi connectivity index (χ2v) is 25.3. The molecule has 474 valence electrons. The van der Waals surface area contributed by atoms with Gasteiger partial charge < -0.3 is 20.3 Å². The third-order valence-corrected chi connectivity index (χ3v) is 17.2. The molecule has 0 fully saturated rings. The lowest BCUT2D eigenvalue weighted by atomic mass is 10.0. The van der Waals surface area contributed by atoms with Crippen LogP contribution in [0.4, 0.5) is 0 Å². The van der Waals surface area contributed by atoms with Gasteiger partial charge in [-0.3, -0.25) is 9.59 Å². The van der Waals surface area contributed by atoms with Gasteiger partial charge in [0.15, 0.2) is 0 Å². The van der Waals surface area contributed by atoms with E-state index in [1.807, 2.05) is 0 Å². The predicted octanol–water partition coefficient (Wildman–Crippen LogP) is 23.7. The van der Waals surface area contributed by atoms with Crippen molar-refractivity contribution in [1.82, 2.24) is 5.32 Å². The summed E-state index contributed by atoms with van der Waals surface area (Å²) >= 11 is 0. The second kappa shape index (κ2) is 69.8. The summed E-state index contributed by atoms with van der Waals surface area (Å²) in [5, 5.41) is 23.3. The second-order valence-electron chi connectivity index (χ2n) is 25.3. The highest BCUT2D eigenvalue weighted by Gasteiger charge is 2.20. The van der Waals surface area contributed by atoms with Crippen molar-refractivity contribution in [3.8, 4) is 0 Å². The quantitative estimate of drug-likeness (QED) is 0.0320. The van der Waals surface area contributed by atoms with E-state index in [0.717, 1.165) is 44.9 Å². The Morgan fingerprint density at radius 1 is 0.338 bits per heavy atom. The molecule has 2 atom stereocenters. The van der Waals surface area contributed by atoms with Gasteiger partial charge >= 0.3 is 5.97 Å². The van der Waals surface area contributed by atoms with Crippen LogP contribution in [0.15, 0.2) is 24.3 Å². The Kier molecular flexibility index (Phi) is 68.4. The van der Waals surface area contributed by atoms with E-state index < -0.39 is 12.1 Å². The summed E-state index contributed by atoms with van der Waals surface area (Å²) < 4.78 is 5.51. The number of carbonyl (C=O) groups is 2. The number of unbranched alkanes of at least 4 members (excludes halogenated alkanes) is 54. The Hall–Kier alpha value is -1.66. The van der Waals surface area contributed by atoms with Crippen LogP contribution in [0.3, 0.4) is 0 Å². The van der Waals surface area contributed by atoms with Crippen molar-refractivity contribution in [2.24, 2.45) is 0 Å². The average molecular weight is 1130 g/mol. The molecule has 0 saturated heterocycles. The van der Waals surface area contributed by atoms with Gasteiger partial charge in [-0.25, -0.2) is 0 Å². The molecular formula is C74H143NO5. The number of hydrogen-bond acceptors (Lipinski definition) is 5. The minimum atomic E-state index is -0.661. The largest absolute Gasteiger partial charge is 0.466 e. The first kappa shape index (κ1) is 78.3. The summed E-state index contributed by atoms with van der Waals surface area (Å²) in [6.45, 7) is 4.98. The Morgan fingerprint density at radius 2 is 0.588 bits per heavy atom. The zero-order valence-electron chi connectivity index (χ0n) is 54.3. The Bertz CT molecular complexity index is 1250. The van der Waals surface area contributed by atoms with E-state index in [2.05, 4.69) is 43.5 Å². The summed E-state index contributed by atoms with van der Waals surface area (Å²) in [4.78, 5) is 24.6. The number of esters is 1. The number of allylic oxidation sites excluding steroid dienone is 4. The smallest absolute Gasteiger partial charge is 0.305 e. The number of ether oxygens (including phenoxy) is 1. The molecule has 1 amide bonds. The molecule has 3 N–H and O–H groups in total. The van der Waals surface area contributed by atoms with Gasteiger partial charge in [0, 0.05) is 12.8 Å². The van der Waals surface area contributed by atoms with Crippen molar-refractivity contribution >= 4 is 11.9 Å². The molecule has 2 unspecified atom stereocenters. The van der Waals surface area contributed by atoms with E-state index >= 15 is 0 Å². The minimum Gasteiger partial charge on any atom is -0.466 e. The molecule has 0 aromatic heterocycles. The van der Waals surface area contributed by atoms with Gasteiger partial charge in [0.2, 0.25) is 5.91 Å². The lowest BCUT2D eigenvalue weighted by Gasteiger charge is -2.22. The average Bonchev–Trinajstić information content (AvgIpc) is 3.46. The van der Waals surface area contributed by atoms with Gasteiger partial charge in [-0.1, -0.05) is 346 Å². The van der Waals surface area contributed by atoms with Crippen molar-refractivity contribution in [2.75, 3.05) is 13.2 Å². The van der Waals surface area contributed by atoms with Crippen LogP contribution in [0.1, 0.15) is 412 Å². The lowest BCUT2D eigenvalue weighted by molar-refractivity contribution is -0.143. The first-order valence-electron chi connectivity index (χ1n) is 36.6. The third-order valence-electron chi connectivity index (χ3n) is 17.2. The number of carbonyl (C=O) groups excluding carboxylic acids is 2. The van der Waals surface area contributed by atoms with Gasteiger partial charge in [0.25, 0.3) is 0 Å². The fraction of sp³-hybridized carbons (Fsp3) is 0.919. The van der Waals surface area contributed by atoms with Crippen LogP contribution in [0.2, 0.25) is 0 Å². The molecule has 0 bridgehead atoms. The van der Waals surface area contributed by atoms with Crippen molar-refractivity contribution in [1.29, 1.82) is 0 Å². The van der Waals surface area contributed by atoms with Gasteiger partial charge in [-0.05, 0) is 77.0 Å². The zero-order valence-corrected chi connectivity index (χ0v) is 54.3. The molecule has 0 spiro atoms. The molecule has 80 heavy (non-hydrogen) atoms. The monoisotopic (exact) mass is 1130 g/mol. The number of aliphatic hydroxyl groups is 2. The highest BCUT2D eigenvalue weighted by Crippen LogP contribution is 2.19. The van der Waals surface area contributed by atoms with Gasteiger partial charge in [-0.2, -0.15) is 0 Å². The molecule has 0 aliphatic carbocycles. The molecular weight excluding hydrogens is 983 g/mol. The minimum absolute atomic E-state index is 0.0165. The fourth-order valence-corrected chi connectivity index (χ4v) is 11.6. The highest BCUT2D eigenvalue weighted by molar-refractivity contribution is 5.76. The predicted molar refractivity (Wildman–Crippen MR) is 352 cm³/mol. The van der Waals surface area contributed by atoms with Gasteiger partial charge in [0.1, 0.15) is 0 Å². The molecule has 0 rings (SSSR count). The van der Waals surface area contributed by atoms with E-state index in [4.69, 9.17) is 4.74 Å². The summed E-state index contributed by atoms with van der Waals surface area (Å²) in [5.41, 5.74) is 0. The third kappa shape index (κ3) is 65.5. The standard InChI is InChI=1S/C74H143NO5/c1-3-5-7-9-11-13-15-17-18-19-38-41-44-48-52-56-60-64-68-74(79)80-69-65-61-57-53-49-45-42-39-36-34-32-30-28-26-24-22-20-21-23-25-27-29-31-33-35-37-40-43-47-51-55-59-63-67-73(78)75-71(70-76)72(77)66-62-58-54-50-46-16-14-12-10-8-6-4-2/h18-19,24,26,71-72,76-77H,3-17,20-23,25,27-70H2,1-2H3,(H,75,78)/b19-18-,26-24-. The van der Waals surface area contributed by atoms with Crippen LogP contribution in [0, 0.1) is 0 Å². The zero-order chi connectivity index (χ0) is 57.8. The fourth-order valence-electron chi connectivity index (χ4n) is 11.6. The first-order chi connectivity index (χ1) is 39.5. The molecule has 6 heteroatoms. The Labute approximate surface area is 501 Å². The normalized spacial score (nSPS) is 12.6. The van der Waals surface area contributed by atoms with Crippen molar-refractivity contribution < 1.29 is 24.5 Å². The van der Waals surface area contributed by atoms with E-state index in [-0.39, 0.29) is 18.5 Å². The Morgan fingerprint density at radius 3 is 0.887 bits per heavy atom. The molecule has 0 aliphatic heterocycles. The van der Waals surface area contributed by atoms with Gasteiger partial charge in [-0.15, -0.1) is 0 Å². The summed E-state index contributed by atoms with van der Waals surface area (Å²) in [7, 11) is 0. The van der Waals surface area contributed by atoms with Crippen LogP contribution in [-0.2, 0) is 14.3 Å². The molecule has 6 nitrogen and oxygen atoms in total. The van der Waals surface area contributed by atoms with Crippen molar-refractivity contribution in [3.05, 3.63) is 24.3 Å². The van der Waals surface area contributed by atoms with E-state index in [9.17, 15) is 19.8 Å². The molecule has 0 aromatic carbocycles. The number of aliphatic hydroxyl groups excluding tert-OH is 2. The number of amides is 1. The molecule has 0 aliphatic rings. The molecule has 0 radical (unpaired) electrons. The topological polar surface area (TPSA) is 95.9 Å². The number of hydrogen-bond donors (Lipinski definition) is 3. The molecule has 0 aromatic rings. The van der Waals surface area contributed by atoms with Crippen molar-refractivity contribution in [2.45, 2.75) is 424 Å².